The molecule has 0 atom stereocenters. The summed E-state index contributed by atoms with van der Waals surface area (Å²) >= 11 is 0. The number of nitrogens with zero attached hydrogens (tertiary/aromatic N) is 1. The monoisotopic (exact) mass is 155 g/mol. The minimum absolute atomic E-state index is 0.287. The van der Waals surface area contributed by atoms with E-state index in [9.17, 15) is 5.11 Å². The van der Waals surface area contributed by atoms with Gasteiger partial charge in [0.2, 0.25) is 0 Å². The van der Waals surface area contributed by atoms with E-state index in [1.165, 1.54) is 32.4 Å². The first-order valence-electron chi connectivity index (χ1n) is 4.73. The summed E-state index contributed by atoms with van der Waals surface area (Å²) in [5, 5.41) is 9.83. The van der Waals surface area contributed by atoms with Crippen LogP contribution in [0.3, 0.4) is 0 Å². The summed E-state index contributed by atoms with van der Waals surface area (Å²) in [6.07, 6.45) is 5.95. The second kappa shape index (κ2) is 2.76. The Morgan fingerprint density at radius 2 is 1.73 bits per heavy atom. The molecule has 0 amide bonds. The van der Waals surface area contributed by atoms with Gasteiger partial charge in [-0.2, -0.15) is 0 Å². The van der Waals surface area contributed by atoms with Crippen LogP contribution in [-0.2, 0) is 0 Å². The molecule has 0 spiro atoms. The molecule has 2 aliphatic rings. The lowest BCUT2D eigenvalue weighted by atomic mass is 9.80. The fourth-order valence-electron chi connectivity index (χ4n) is 2.10. The van der Waals surface area contributed by atoms with E-state index in [1.54, 1.807) is 0 Å². The quantitative estimate of drug-likeness (QED) is 0.643. The third-order valence-electron chi connectivity index (χ3n) is 3.00. The lowest BCUT2D eigenvalue weighted by Gasteiger charge is -2.39. The molecule has 2 fully saturated rings. The minimum Gasteiger partial charge on any atom is -0.389 e. The van der Waals surface area contributed by atoms with Gasteiger partial charge in [-0.25, -0.2) is 0 Å². The van der Waals surface area contributed by atoms with Crippen LogP contribution in [0.1, 0.15) is 32.1 Å². The van der Waals surface area contributed by atoms with Gasteiger partial charge in [-0.05, 0) is 45.2 Å². The van der Waals surface area contributed by atoms with Gasteiger partial charge in [0.05, 0.1) is 5.60 Å². The van der Waals surface area contributed by atoms with Crippen LogP contribution >= 0.6 is 0 Å². The maximum absolute atomic E-state index is 9.83. The van der Waals surface area contributed by atoms with Crippen molar-refractivity contribution < 1.29 is 5.11 Å². The van der Waals surface area contributed by atoms with E-state index in [4.69, 9.17) is 0 Å². The van der Waals surface area contributed by atoms with E-state index in [0.29, 0.717) is 0 Å². The summed E-state index contributed by atoms with van der Waals surface area (Å²) in [6, 6.07) is 0. The van der Waals surface area contributed by atoms with E-state index < -0.39 is 0 Å². The largest absolute Gasteiger partial charge is 0.389 e. The zero-order valence-corrected chi connectivity index (χ0v) is 7.05. The average molecular weight is 155 g/mol. The number of hydrogen-bond acceptors (Lipinski definition) is 2. The molecule has 0 radical (unpaired) electrons. The molecule has 0 aromatic carbocycles. The summed E-state index contributed by atoms with van der Waals surface area (Å²) in [4.78, 5) is 2.40. The molecule has 2 rings (SSSR count). The molecular weight excluding hydrogens is 138 g/mol. The van der Waals surface area contributed by atoms with Crippen LogP contribution in [0.15, 0.2) is 0 Å². The Bertz CT molecular complexity index is 136. The Morgan fingerprint density at radius 1 is 1.09 bits per heavy atom. The SMILES string of the molecule is OC1(CN2CCCC2)CCC1. The zero-order chi connectivity index (χ0) is 7.73. The maximum Gasteiger partial charge on any atom is 0.0774 e. The van der Waals surface area contributed by atoms with E-state index in [-0.39, 0.29) is 5.60 Å². The number of likely N-dealkylation sites (tertiary alicyclic amines) is 1. The molecule has 0 aromatic rings. The Hall–Kier alpha value is -0.0800. The van der Waals surface area contributed by atoms with Gasteiger partial charge in [0.1, 0.15) is 0 Å². The van der Waals surface area contributed by atoms with E-state index >= 15 is 0 Å². The van der Waals surface area contributed by atoms with E-state index in [2.05, 4.69) is 4.90 Å². The van der Waals surface area contributed by atoms with Gasteiger partial charge < -0.3 is 10.0 Å². The van der Waals surface area contributed by atoms with Crippen molar-refractivity contribution in [1.29, 1.82) is 0 Å². The van der Waals surface area contributed by atoms with Crippen LogP contribution in [0.25, 0.3) is 0 Å². The van der Waals surface area contributed by atoms with Crippen LogP contribution in [0.4, 0.5) is 0 Å². The van der Waals surface area contributed by atoms with Crippen molar-refractivity contribution in [2.75, 3.05) is 19.6 Å². The van der Waals surface area contributed by atoms with Crippen molar-refractivity contribution in [2.45, 2.75) is 37.7 Å². The van der Waals surface area contributed by atoms with Gasteiger partial charge in [0.15, 0.2) is 0 Å². The third-order valence-corrected chi connectivity index (χ3v) is 3.00. The first-order valence-corrected chi connectivity index (χ1v) is 4.73. The highest BCUT2D eigenvalue weighted by molar-refractivity contribution is 4.91. The number of rotatable bonds is 2. The van der Waals surface area contributed by atoms with Crippen LogP contribution in [-0.4, -0.2) is 35.2 Å². The van der Waals surface area contributed by atoms with Gasteiger partial charge in [-0.3, -0.25) is 0 Å². The topological polar surface area (TPSA) is 23.5 Å². The van der Waals surface area contributed by atoms with Gasteiger partial charge in [-0.1, -0.05) is 0 Å². The van der Waals surface area contributed by atoms with E-state index in [1.807, 2.05) is 0 Å². The molecule has 64 valence electrons. The molecule has 1 aliphatic heterocycles. The smallest absolute Gasteiger partial charge is 0.0774 e. The number of β-amino-alcohol motifs (C(OH)–C–C–N with tert-alkyl or cyclic N) is 1. The van der Waals surface area contributed by atoms with Crippen LogP contribution in [0.2, 0.25) is 0 Å². The van der Waals surface area contributed by atoms with Crippen molar-refractivity contribution in [3.8, 4) is 0 Å². The second-order valence-corrected chi connectivity index (χ2v) is 4.06. The van der Waals surface area contributed by atoms with Crippen LogP contribution in [0.5, 0.6) is 0 Å². The van der Waals surface area contributed by atoms with Crippen LogP contribution < -0.4 is 0 Å². The van der Waals surface area contributed by atoms with Gasteiger partial charge >= 0.3 is 0 Å². The molecule has 1 saturated carbocycles. The normalized spacial score (nSPS) is 30.3. The first kappa shape index (κ1) is 7.56. The molecule has 0 unspecified atom stereocenters. The van der Waals surface area contributed by atoms with Crippen LogP contribution in [0, 0.1) is 0 Å². The third kappa shape index (κ3) is 1.57. The molecule has 0 bridgehead atoms. The van der Waals surface area contributed by atoms with Crippen molar-refractivity contribution >= 4 is 0 Å². The first-order chi connectivity index (χ1) is 5.29. The van der Waals surface area contributed by atoms with Gasteiger partial charge in [0.25, 0.3) is 0 Å². The highest BCUT2D eigenvalue weighted by atomic mass is 16.3. The van der Waals surface area contributed by atoms with Gasteiger partial charge in [-0.15, -0.1) is 0 Å². The lowest BCUT2D eigenvalue weighted by molar-refractivity contribution is -0.0547. The van der Waals surface area contributed by atoms with Gasteiger partial charge in [0, 0.05) is 6.54 Å². The Balaban J connectivity index is 1.79. The molecule has 1 N–H and O–H groups in total. The highest BCUT2D eigenvalue weighted by Crippen LogP contribution is 2.32. The lowest BCUT2D eigenvalue weighted by Crippen LogP contribution is -2.47. The standard InChI is InChI=1S/C9H17NO/c11-9(4-3-5-9)8-10-6-1-2-7-10/h11H,1-8H2. The molecule has 2 heteroatoms. The zero-order valence-electron chi connectivity index (χ0n) is 7.05. The summed E-state index contributed by atoms with van der Waals surface area (Å²) in [5.74, 6) is 0. The molecule has 0 aromatic heterocycles. The molecular formula is C9H17NO. The molecule has 1 saturated heterocycles. The molecule has 1 heterocycles. The molecule has 1 aliphatic carbocycles. The Kier molecular flexibility index (Phi) is 1.90. The number of hydrogen-bond donors (Lipinski definition) is 1. The Labute approximate surface area is 68.2 Å². The fraction of sp³-hybridized carbons (Fsp3) is 1.00. The summed E-state index contributed by atoms with van der Waals surface area (Å²) in [6.45, 7) is 3.36. The summed E-state index contributed by atoms with van der Waals surface area (Å²) < 4.78 is 0. The van der Waals surface area contributed by atoms with Crippen molar-refractivity contribution in [2.24, 2.45) is 0 Å². The predicted molar refractivity (Wildman–Crippen MR) is 44.5 cm³/mol. The second-order valence-electron chi connectivity index (χ2n) is 4.06. The molecule has 11 heavy (non-hydrogen) atoms. The highest BCUT2D eigenvalue weighted by Gasteiger charge is 2.36. The van der Waals surface area contributed by atoms with E-state index in [0.717, 1.165) is 19.4 Å². The van der Waals surface area contributed by atoms with Crippen molar-refractivity contribution in [3.05, 3.63) is 0 Å². The minimum atomic E-state index is -0.287. The molecule has 2 nitrogen and oxygen atoms in total. The average Bonchev–Trinajstić information content (AvgIpc) is 2.36. The van der Waals surface area contributed by atoms with Crippen molar-refractivity contribution in [3.63, 3.8) is 0 Å². The van der Waals surface area contributed by atoms with Crippen molar-refractivity contribution in [1.82, 2.24) is 4.90 Å². The predicted octanol–water partition coefficient (Wildman–Crippen LogP) is 0.997. The fourth-order valence-corrected chi connectivity index (χ4v) is 2.10. The maximum atomic E-state index is 9.83. The number of aliphatic hydroxyl groups is 1. The Morgan fingerprint density at radius 3 is 2.18 bits per heavy atom. The summed E-state index contributed by atoms with van der Waals surface area (Å²) in [5.41, 5.74) is -0.287. The summed E-state index contributed by atoms with van der Waals surface area (Å²) in [7, 11) is 0.